The zero-order valence-corrected chi connectivity index (χ0v) is 7.83. The third kappa shape index (κ3) is 1.82. The van der Waals surface area contributed by atoms with Gasteiger partial charge in [0.05, 0.1) is 12.7 Å². The summed E-state index contributed by atoms with van der Waals surface area (Å²) in [6.45, 7) is -0.253. The Kier molecular flexibility index (Phi) is 3.30. The van der Waals surface area contributed by atoms with E-state index in [-0.39, 0.29) is 12.5 Å². The minimum Gasteiger partial charge on any atom is -0.394 e. The highest BCUT2D eigenvalue weighted by Crippen LogP contribution is 2.24. The van der Waals surface area contributed by atoms with Gasteiger partial charge in [0.2, 0.25) is 0 Å². The Bertz CT molecular complexity index is 300. The van der Waals surface area contributed by atoms with Crippen LogP contribution in [0.5, 0.6) is 0 Å². The highest BCUT2D eigenvalue weighted by atomic mass is 35.5. The largest absolute Gasteiger partial charge is 0.394 e. The molecule has 0 aromatic heterocycles. The Labute approximate surface area is 82.4 Å². The van der Waals surface area contributed by atoms with Crippen molar-refractivity contribution in [2.75, 3.05) is 12.5 Å². The Balaban J connectivity index is 3.10. The van der Waals surface area contributed by atoms with Crippen molar-refractivity contribution in [1.29, 1.82) is 5.26 Å². The minimum atomic E-state index is -0.956. The first-order valence-electron chi connectivity index (χ1n) is 3.92. The lowest BCUT2D eigenvalue weighted by Gasteiger charge is -2.21. The van der Waals surface area contributed by atoms with Crippen molar-refractivity contribution in [2.24, 2.45) is 0 Å². The first-order valence-corrected chi connectivity index (χ1v) is 4.46. The van der Waals surface area contributed by atoms with Crippen LogP contribution in [-0.4, -0.2) is 17.6 Å². The van der Waals surface area contributed by atoms with E-state index in [1.807, 2.05) is 24.3 Å². The van der Waals surface area contributed by atoms with Gasteiger partial charge in [-0.15, -0.1) is 11.6 Å². The third-order valence-electron chi connectivity index (χ3n) is 2.04. The third-order valence-corrected chi connectivity index (χ3v) is 2.49. The molecule has 68 valence electrons. The molecule has 1 aromatic rings. The minimum absolute atomic E-state index is 0.101. The van der Waals surface area contributed by atoms with E-state index in [1.54, 1.807) is 12.1 Å². The summed E-state index contributed by atoms with van der Waals surface area (Å²) in [5.74, 6) is 0.101. The Morgan fingerprint density at radius 1 is 1.38 bits per heavy atom. The predicted octanol–water partition coefficient (Wildman–Crippen LogP) is 1.68. The van der Waals surface area contributed by atoms with Gasteiger partial charge in [-0.1, -0.05) is 30.3 Å². The first-order chi connectivity index (χ1) is 6.29. The summed E-state index contributed by atoms with van der Waals surface area (Å²) in [5.41, 5.74) is -0.196. The van der Waals surface area contributed by atoms with Gasteiger partial charge in [0.15, 0.2) is 0 Å². The lowest BCUT2D eigenvalue weighted by atomic mass is 9.85. The number of hydrogen-bond donors (Lipinski definition) is 1. The standard InChI is InChI=1S/C10H10ClNO/c11-6-10(7-12,8-13)9-4-2-1-3-5-9/h1-5,13H,6,8H2. The van der Waals surface area contributed by atoms with Crippen molar-refractivity contribution in [3.05, 3.63) is 35.9 Å². The van der Waals surface area contributed by atoms with E-state index in [4.69, 9.17) is 22.0 Å². The SMILES string of the molecule is N#CC(CO)(CCl)c1ccccc1. The summed E-state index contributed by atoms with van der Waals surface area (Å²) >= 11 is 5.68. The lowest BCUT2D eigenvalue weighted by Crippen LogP contribution is -2.30. The molecule has 1 aromatic carbocycles. The average Bonchev–Trinajstić information content (AvgIpc) is 2.23. The molecule has 0 radical (unpaired) electrons. The van der Waals surface area contributed by atoms with Crippen molar-refractivity contribution in [1.82, 2.24) is 0 Å². The number of nitrogens with zero attached hydrogens (tertiary/aromatic N) is 1. The molecule has 0 aliphatic heterocycles. The quantitative estimate of drug-likeness (QED) is 0.746. The van der Waals surface area contributed by atoms with Gasteiger partial charge in [0.1, 0.15) is 5.41 Å². The Morgan fingerprint density at radius 3 is 2.38 bits per heavy atom. The van der Waals surface area contributed by atoms with Gasteiger partial charge in [-0.25, -0.2) is 0 Å². The molecule has 0 amide bonds. The maximum Gasteiger partial charge on any atom is 0.119 e. The maximum absolute atomic E-state index is 9.12. The molecular formula is C10H10ClNO. The van der Waals surface area contributed by atoms with Gasteiger partial charge in [-0.05, 0) is 5.56 Å². The molecule has 0 saturated carbocycles. The highest BCUT2D eigenvalue weighted by Gasteiger charge is 2.30. The summed E-state index contributed by atoms with van der Waals surface area (Å²) in [5, 5.41) is 18.1. The van der Waals surface area contributed by atoms with Gasteiger partial charge >= 0.3 is 0 Å². The van der Waals surface area contributed by atoms with Crippen LogP contribution in [0.25, 0.3) is 0 Å². The maximum atomic E-state index is 9.12. The van der Waals surface area contributed by atoms with E-state index in [2.05, 4.69) is 0 Å². The van der Waals surface area contributed by atoms with Crippen LogP contribution in [0.15, 0.2) is 30.3 Å². The number of aliphatic hydroxyl groups excluding tert-OH is 1. The number of benzene rings is 1. The van der Waals surface area contributed by atoms with Gasteiger partial charge in [0.25, 0.3) is 0 Å². The van der Waals surface area contributed by atoms with E-state index >= 15 is 0 Å². The zero-order valence-electron chi connectivity index (χ0n) is 7.07. The molecule has 13 heavy (non-hydrogen) atoms. The van der Waals surface area contributed by atoms with E-state index in [9.17, 15) is 0 Å². The summed E-state index contributed by atoms with van der Waals surface area (Å²) in [7, 11) is 0. The molecule has 0 aliphatic rings. The molecule has 1 rings (SSSR count). The number of rotatable bonds is 3. The van der Waals surface area contributed by atoms with Crippen LogP contribution in [0.1, 0.15) is 5.56 Å². The van der Waals surface area contributed by atoms with Crippen molar-refractivity contribution < 1.29 is 5.11 Å². The van der Waals surface area contributed by atoms with Gasteiger partial charge in [-0.2, -0.15) is 5.26 Å². The van der Waals surface area contributed by atoms with Gasteiger partial charge < -0.3 is 5.11 Å². The Morgan fingerprint density at radius 2 is 2.00 bits per heavy atom. The molecule has 1 atom stereocenters. The summed E-state index contributed by atoms with van der Waals surface area (Å²) in [4.78, 5) is 0. The Hall–Kier alpha value is -1.04. The topological polar surface area (TPSA) is 44.0 Å². The van der Waals surface area contributed by atoms with Crippen molar-refractivity contribution in [2.45, 2.75) is 5.41 Å². The fourth-order valence-electron chi connectivity index (χ4n) is 1.10. The van der Waals surface area contributed by atoms with Gasteiger partial charge in [0, 0.05) is 5.88 Å². The van der Waals surface area contributed by atoms with Crippen molar-refractivity contribution in [3.8, 4) is 6.07 Å². The summed E-state index contributed by atoms with van der Waals surface area (Å²) < 4.78 is 0. The first kappa shape index (κ1) is 10.0. The van der Waals surface area contributed by atoms with Crippen LogP contribution in [0.3, 0.4) is 0 Å². The average molecular weight is 196 g/mol. The van der Waals surface area contributed by atoms with E-state index in [0.717, 1.165) is 5.56 Å². The number of hydrogen-bond acceptors (Lipinski definition) is 2. The normalized spacial score (nSPS) is 14.5. The lowest BCUT2D eigenvalue weighted by molar-refractivity contribution is 0.242. The molecule has 3 heteroatoms. The predicted molar refractivity (Wildman–Crippen MR) is 51.5 cm³/mol. The monoisotopic (exact) mass is 195 g/mol. The number of nitriles is 1. The second kappa shape index (κ2) is 4.27. The molecule has 2 nitrogen and oxygen atoms in total. The number of aliphatic hydroxyl groups is 1. The molecule has 0 aliphatic carbocycles. The summed E-state index contributed by atoms with van der Waals surface area (Å²) in [6.07, 6.45) is 0. The zero-order chi connectivity index (χ0) is 9.73. The van der Waals surface area contributed by atoms with E-state index < -0.39 is 5.41 Å². The van der Waals surface area contributed by atoms with Crippen molar-refractivity contribution in [3.63, 3.8) is 0 Å². The van der Waals surface area contributed by atoms with E-state index in [0.29, 0.717) is 0 Å². The molecule has 1 unspecified atom stereocenters. The fraction of sp³-hybridized carbons (Fsp3) is 0.300. The molecule has 0 heterocycles. The molecule has 0 saturated heterocycles. The van der Waals surface area contributed by atoms with Crippen LogP contribution in [0.4, 0.5) is 0 Å². The molecule has 1 N–H and O–H groups in total. The van der Waals surface area contributed by atoms with Crippen LogP contribution >= 0.6 is 11.6 Å². The molecular weight excluding hydrogens is 186 g/mol. The number of alkyl halides is 1. The van der Waals surface area contributed by atoms with Crippen LogP contribution in [0, 0.1) is 11.3 Å². The van der Waals surface area contributed by atoms with Crippen LogP contribution < -0.4 is 0 Å². The fourth-order valence-corrected chi connectivity index (χ4v) is 1.40. The van der Waals surface area contributed by atoms with Crippen LogP contribution in [0.2, 0.25) is 0 Å². The second-order valence-corrected chi connectivity index (χ2v) is 3.12. The summed E-state index contributed by atoms with van der Waals surface area (Å²) in [6, 6.07) is 11.1. The van der Waals surface area contributed by atoms with E-state index in [1.165, 1.54) is 0 Å². The number of halogens is 1. The second-order valence-electron chi connectivity index (χ2n) is 2.85. The van der Waals surface area contributed by atoms with Crippen LogP contribution in [-0.2, 0) is 5.41 Å². The molecule has 0 spiro atoms. The van der Waals surface area contributed by atoms with Gasteiger partial charge in [-0.3, -0.25) is 0 Å². The molecule has 0 fully saturated rings. The highest BCUT2D eigenvalue weighted by molar-refractivity contribution is 6.19. The smallest absolute Gasteiger partial charge is 0.119 e. The van der Waals surface area contributed by atoms with Crippen molar-refractivity contribution >= 4 is 11.6 Å². The molecule has 0 bridgehead atoms.